The van der Waals surface area contributed by atoms with Gasteiger partial charge in [0.1, 0.15) is 0 Å². The van der Waals surface area contributed by atoms with Crippen molar-refractivity contribution < 1.29 is 13.2 Å². The molecule has 0 radical (unpaired) electrons. The Kier molecular flexibility index (Phi) is 6.26. The molecule has 1 aromatic carbocycles. The average molecular weight is 508 g/mol. The second-order valence-corrected chi connectivity index (χ2v) is 9.14. The van der Waals surface area contributed by atoms with E-state index in [-0.39, 0.29) is 17.8 Å². The lowest BCUT2D eigenvalue weighted by molar-refractivity contribution is -0.137. The fourth-order valence-electron chi connectivity index (χ4n) is 4.95. The Morgan fingerprint density at radius 1 is 0.944 bits per heavy atom. The lowest BCUT2D eigenvalue weighted by Crippen LogP contribution is -2.29. The van der Waals surface area contributed by atoms with Gasteiger partial charge in [0.25, 0.3) is 0 Å². The molecule has 1 aliphatic heterocycles. The summed E-state index contributed by atoms with van der Waals surface area (Å²) in [6.07, 6.45) is -1.02. The van der Waals surface area contributed by atoms with Crippen molar-refractivity contribution in [2.24, 2.45) is 0 Å². The normalized spacial score (nSPS) is 17.9. The first-order valence-corrected chi connectivity index (χ1v) is 11.9. The van der Waals surface area contributed by atoms with Crippen LogP contribution in [0.15, 0.2) is 79.1 Å². The molecule has 2 atom stereocenters. The van der Waals surface area contributed by atoms with Crippen LogP contribution in [0.3, 0.4) is 0 Å². The highest BCUT2D eigenvalue weighted by atomic mass is 32.1. The van der Waals surface area contributed by atoms with E-state index < -0.39 is 11.7 Å². The number of hydrogen-bond acceptors (Lipinski definition) is 3. The third-order valence-electron chi connectivity index (χ3n) is 6.50. The molecule has 3 aromatic heterocycles. The predicted octanol–water partition coefficient (Wildman–Crippen LogP) is 6.08. The van der Waals surface area contributed by atoms with E-state index in [9.17, 15) is 13.2 Å². The quantitative estimate of drug-likeness (QED) is 0.332. The maximum absolute atomic E-state index is 13.9. The van der Waals surface area contributed by atoms with Crippen molar-refractivity contribution in [1.82, 2.24) is 24.8 Å². The maximum Gasteiger partial charge on any atom is 0.418 e. The highest BCUT2D eigenvalue weighted by Crippen LogP contribution is 2.43. The van der Waals surface area contributed by atoms with Crippen LogP contribution in [0, 0.1) is 13.8 Å². The summed E-state index contributed by atoms with van der Waals surface area (Å²) in [5.74, 6) is 0. The Morgan fingerprint density at radius 2 is 1.64 bits per heavy atom. The molecule has 1 saturated heterocycles. The van der Waals surface area contributed by atoms with Gasteiger partial charge in [-0.2, -0.15) is 13.2 Å². The zero-order valence-electron chi connectivity index (χ0n) is 19.7. The number of aryl methyl sites for hydroxylation is 1. The van der Waals surface area contributed by atoms with E-state index in [1.54, 1.807) is 23.0 Å². The summed E-state index contributed by atoms with van der Waals surface area (Å²) < 4.78 is 43.3. The van der Waals surface area contributed by atoms with Crippen molar-refractivity contribution in [2.45, 2.75) is 38.7 Å². The zero-order chi connectivity index (χ0) is 25.4. The molecule has 1 N–H and O–H groups in total. The van der Waals surface area contributed by atoms with E-state index >= 15 is 0 Å². The van der Waals surface area contributed by atoms with Crippen LogP contribution in [0.2, 0.25) is 0 Å². The summed E-state index contributed by atoms with van der Waals surface area (Å²) in [7, 11) is 0. The van der Waals surface area contributed by atoms with Gasteiger partial charge in [-0.15, -0.1) is 0 Å². The standard InChI is InChI=1S/C27H24F3N5S/c1-17-15-20(18(2)35(17)23-12-4-3-10-21(23)27(28,29)30)25-24(22-11-6-8-14-32-22)33-26(36)34(25)16-19-9-5-7-13-31-19/h3-15,24-25H,16H2,1-2H3,(H,33,36)/t24-,25+/m1/s1. The number of thiocarbonyl (C=S) groups is 1. The van der Waals surface area contributed by atoms with Gasteiger partial charge in [-0.1, -0.05) is 24.3 Å². The molecule has 1 fully saturated rings. The number of benzene rings is 1. The molecule has 0 unspecified atom stereocenters. The highest BCUT2D eigenvalue weighted by molar-refractivity contribution is 7.80. The van der Waals surface area contributed by atoms with Gasteiger partial charge in [0.05, 0.1) is 41.3 Å². The third kappa shape index (κ3) is 4.35. The lowest BCUT2D eigenvalue weighted by atomic mass is 9.96. The summed E-state index contributed by atoms with van der Waals surface area (Å²) in [4.78, 5) is 11.1. The summed E-state index contributed by atoms with van der Waals surface area (Å²) >= 11 is 5.74. The van der Waals surface area contributed by atoms with Crippen molar-refractivity contribution in [2.75, 3.05) is 0 Å². The highest BCUT2D eigenvalue weighted by Gasteiger charge is 2.42. The van der Waals surface area contributed by atoms with Gasteiger partial charge in [0, 0.05) is 23.8 Å². The van der Waals surface area contributed by atoms with Crippen LogP contribution in [-0.4, -0.2) is 24.5 Å². The second-order valence-electron chi connectivity index (χ2n) is 8.75. The fraction of sp³-hybridized carbons (Fsp3) is 0.222. The fourth-order valence-corrected chi connectivity index (χ4v) is 5.25. The largest absolute Gasteiger partial charge is 0.418 e. The molecule has 5 nitrogen and oxygen atoms in total. The molecule has 36 heavy (non-hydrogen) atoms. The molecule has 0 bridgehead atoms. The summed E-state index contributed by atoms with van der Waals surface area (Å²) in [6.45, 7) is 4.12. The van der Waals surface area contributed by atoms with Gasteiger partial charge in [-0.25, -0.2) is 0 Å². The molecule has 184 valence electrons. The minimum Gasteiger partial charge on any atom is -0.352 e. The van der Waals surface area contributed by atoms with Crippen LogP contribution in [-0.2, 0) is 12.7 Å². The minimum absolute atomic E-state index is 0.102. The number of pyridine rings is 2. The molecule has 1 aliphatic rings. The van der Waals surface area contributed by atoms with Gasteiger partial charge < -0.3 is 14.8 Å². The Bertz CT molecular complexity index is 1390. The number of para-hydroxylation sites is 1. The van der Waals surface area contributed by atoms with Crippen molar-refractivity contribution >= 4 is 17.3 Å². The Morgan fingerprint density at radius 3 is 2.31 bits per heavy atom. The van der Waals surface area contributed by atoms with Crippen LogP contribution < -0.4 is 5.32 Å². The molecule has 0 spiro atoms. The number of aromatic nitrogens is 3. The van der Waals surface area contributed by atoms with E-state index in [2.05, 4.69) is 15.3 Å². The van der Waals surface area contributed by atoms with E-state index in [1.807, 2.05) is 61.2 Å². The second kappa shape index (κ2) is 9.39. The third-order valence-corrected chi connectivity index (χ3v) is 6.85. The Labute approximate surface area is 212 Å². The molecule has 9 heteroatoms. The zero-order valence-corrected chi connectivity index (χ0v) is 20.5. The van der Waals surface area contributed by atoms with Crippen molar-refractivity contribution in [1.29, 1.82) is 0 Å². The van der Waals surface area contributed by atoms with Crippen LogP contribution in [0.1, 0.15) is 46.0 Å². The van der Waals surface area contributed by atoms with E-state index in [0.29, 0.717) is 23.0 Å². The molecular weight excluding hydrogens is 483 g/mol. The minimum atomic E-state index is -4.47. The number of nitrogens with one attached hydrogen (secondary N) is 1. The van der Waals surface area contributed by atoms with Gasteiger partial charge in [-0.05, 0) is 74.1 Å². The van der Waals surface area contributed by atoms with Crippen LogP contribution in [0.4, 0.5) is 13.2 Å². The lowest BCUT2D eigenvalue weighted by Gasteiger charge is -2.28. The van der Waals surface area contributed by atoms with Crippen molar-refractivity contribution in [3.63, 3.8) is 0 Å². The van der Waals surface area contributed by atoms with Gasteiger partial charge >= 0.3 is 6.18 Å². The number of halogens is 3. The summed E-state index contributed by atoms with van der Waals surface area (Å²) in [5, 5.41) is 3.94. The first-order valence-electron chi connectivity index (χ1n) is 11.5. The molecule has 4 heterocycles. The molecule has 0 aliphatic carbocycles. The number of nitrogens with zero attached hydrogens (tertiary/aromatic N) is 4. The van der Waals surface area contributed by atoms with E-state index in [0.717, 1.165) is 23.0 Å². The molecular formula is C27H24F3N5S. The van der Waals surface area contributed by atoms with Gasteiger partial charge in [-0.3, -0.25) is 9.97 Å². The topological polar surface area (TPSA) is 46.0 Å². The predicted molar refractivity (Wildman–Crippen MR) is 135 cm³/mol. The van der Waals surface area contributed by atoms with Gasteiger partial charge in [0.15, 0.2) is 5.11 Å². The first-order chi connectivity index (χ1) is 17.3. The van der Waals surface area contributed by atoms with Crippen molar-refractivity contribution in [3.8, 4) is 5.69 Å². The van der Waals surface area contributed by atoms with Crippen LogP contribution in [0.5, 0.6) is 0 Å². The van der Waals surface area contributed by atoms with E-state index in [1.165, 1.54) is 12.1 Å². The molecule has 0 amide bonds. The summed E-state index contributed by atoms with van der Waals surface area (Å²) in [6, 6.07) is 18.4. The van der Waals surface area contributed by atoms with Crippen LogP contribution >= 0.6 is 12.2 Å². The Balaban J connectivity index is 1.65. The monoisotopic (exact) mass is 507 g/mol. The first kappa shape index (κ1) is 24.0. The Hall–Kier alpha value is -3.72. The molecule has 0 saturated carbocycles. The number of alkyl halides is 3. The number of hydrogen-bond donors (Lipinski definition) is 1. The van der Waals surface area contributed by atoms with Crippen LogP contribution in [0.25, 0.3) is 5.69 Å². The molecule has 4 aromatic rings. The average Bonchev–Trinajstić information content (AvgIpc) is 3.34. The van der Waals surface area contributed by atoms with Crippen molar-refractivity contribution in [3.05, 3.63) is 113 Å². The SMILES string of the molecule is Cc1cc([C@H]2[C@@H](c3ccccn3)NC(=S)N2Cc2ccccn2)c(C)n1-c1ccccc1C(F)(F)F. The summed E-state index contributed by atoms with van der Waals surface area (Å²) in [5.41, 5.74) is 3.36. The molecule has 5 rings (SSSR count). The number of rotatable bonds is 5. The smallest absolute Gasteiger partial charge is 0.352 e. The van der Waals surface area contributed by atoms with E-state index in [4.69, 9.17) is 12.2 Å². The van der Waals surface area contributed by atoms with Gasteiger partial charge in [0.2, 0.25) is 0 Å². The maximum atomic E-state index is 13.9.